The van der Waals surface area contributed by atoms with Crippen LogP contribution in [-0.2, 0) is 9.53 Å². The lowest BCUT2D eigenvalue weighted by Gasteiger charge is -2.57. The summed E-state index contributed by atoms with van der Waals surface area (Å²) in [6.45, 7) is 4.88. The van der Waals surface area contributed by atoms with Crippen LogP contribution in [0.4, 0.5) is 0 Å². The predicted molar refractivity (Wildman–Crippen MR) is 80.4 cm³/mol. The molecule has 2 rings (SSSR count). The Morgan fingerprint density at radius 2 is 2.05 bits per heavy atom. The van der Waals surface area contributed by atoms with Crippen LogP contribution in [0.15, 0.2) is 0 Å². The van der Waals surface area contributed by atoms with Crippen molar-refractivity contribution in [1.82, 2.24) is 5.32 Å². The fourth-order valence-corrected chi connectivity index (χ4v) is 3.99. The highest BCUT2D eigenvalue weighted by atomic mass is 16.5. The molecule has 0 heterocycles. The summed E-state index contributed by atoms with van der Waals surface area (Å²) >= 11 is 0. The van der Waals surface area contributed by atoms with E-state index in [2.05, 4.69) is 19.2 Å². The minimum absolute atomic E-state index is 0.0248. The van der Waals surface area contributed by atoms with Crippen LogP contribution < -0.4 is 11.1 Å². The van der Waals surface area contributed by atoms with E-state index in [-0.39, 0.29) is 23.4 Å². The molecule has 0 aliphatic heterocycles. The molecule has 20 heavy (non-hydrogen) atoms. The van der Waals surface area contributed by atoms with E-state index in [1.165, 1.54) is 32.1 Å². The molecule has 0 aromatic carbocycles. The van der Waals surface area contributed by atoms with Gasteiger partial charge in [-0.25, -0.2) is 0 Å². The Morgan fingerprint density at radius 1 is 1.35 bits per heavy atom. The molecule has 1 spiro atoms. The first-order valence-corrected chi connectivity index (χ1v) is 8.31. The molecule has 3 atom stereocenters. The number of nitrogens with two attached hydrogens (primary N) is 1. The van der Waals surface area contributed by atoms with Gasteiger partial charge >= 0.3 is 0 Å². The van der Waals surface area contributed by atoms with Crippen LogP contribution in [0.3, 0.4) is 0 Å². The van der Waals surface area contributed by atoms with Crippen molar-refractivity contribution in [2.24, 2.45) is 11.1 Å². The molecule has 0 aromatic rings. The van der Waals surface area contributed by atoms with E-state index < -0.39 is 0 Å². The van der Waals surface area contributed by atoms with Crippen molar-refractivity contribution in [3.05, 3.63) is 0 Å². The third kappa shape index (κ3) is 3.01. The number of rotatable bonds is 6. The van der Waals surface area contributed by atoms with Gasteiger partial charge in [-0.1, -0.05) is 32.6 Å². The third-order valence-corrected chi connectivity index (χ3v) is 5.19. The van der Waals surface area contributed by atoms with Gasteiger partial charge in [0.1, 0.15) is 0 Å². The molecule has 0 radical (unpaired) electrons. The Bertz CT molecular complexity index is 326. The van der Waals surface area contributed by atoms with E-state index in [0.717, 1.165) is 25.9 Å². The van der Waals surface area contributed by atoms with Crippen LogP contribution in [0.5, 0.6) is 0 Å². The van der Waals surface area contributed by atoms with Gasteiger partial charge in [-0.2, -0.15) is 0 Å². The average molecular weight is 282 g/mol. The van der Waals surface area contributed by atoms with Crippen molar-refractivity contribution < 1.29 is 9.53 Å². The maximum Gasteiger partial charge on any atom is 0.237 e. The van der Waals surface area contributed by atoms with Gasteiger partial charge in [-0.05, 0) is 32.6 Å². The zero-order chi connectivity index (χ0) is 14.6. The monoisotopic (exact) mass is 282 g/mol. The van der Waals surface area contributed by atoms with E-state index in [0.29, 0.717) is 6.10 Å². The van der Waals surface area contributed by atoms with Crippen molar-refractivity contribution >= 4 is 5.91 Å². The second-order valence-corrected chi connectivity index (χ2v) is 6.43. The molecular formula is C16H30N2O2. The Labute approximate surface area is 122 Å². The average Bonchev–Trinajstić information content (AvgIpc) is 2.47. The summed E-state index contributed by atoms with van der Waals surface area (Å²) in [5.41, 5.74) is 6.11. The Morgan fingerprint density at radius 3 is 2.65 bits per heavy atom. The van der Waals surface area contributed by atoms with Gasteiger partial charge in [0.25, 0.3) is 0 Å². The summed E-state index contributed by atoms with van der Waals surface area (Å²) in [4.78, 5) is 12.1. The number of hydrogen-bond acceptors (Lipinski definition) is 3. The molecule has 4 nitrogen and oxygen atoms in total. The van der Waals surface area contributed by atoms with Crippen molar-refractivity contribution in [2.45, 2.75) is 83.4 Å². The summed E-state index contributed by atoms with van der Waals surface area (Å²) in [6, 6.07) is -0.0819. The Balaban J connectivity index is 1.95. The standard InChI is InChI=1S/C16H30N2O2/c1-3-8-12(17)15(19)18-13-11-14(20-4-2)16(13)9-6-5-7-10-16/h12-14H,3-11,17H2,1-2H3,(H,18,19). The molecule has 2 saturated carbocycles. The molecule has 2 aliphatic carbocycles. The summed E-state index contributed by atoms with van der Waals surface area (Å²) in [5.74, 6) is 0.0248. The van der Waals surface area contributed by atoms with Crippen LogP contribution in [0.2, 0.25) is 0 Å². The zero-order valence-corrected chi connectivity index (χ0v) is 13.0. The van der Waals surface area contributed by atoms with E-state index in [1.54, 1.807) is 0 Å². The van der Waals surface area contributed by atoms with Crippen molar-refractivity contribution in [3.8, 4) is 0 Å². The Kier molecular flexibility index (Phi) is 5.44. The molecule has 0 saturated heterocycles. The first kappa shape index (κ1) is 15.8. The SMILES string of the molecule is CCCC(N)C(=O)NC1CC(OCC)C12CCCCC2. The maximum absolute atomic E-state index is 12.1. The molecule has 2 aliphatic rings. The highest BCUT2D eigenvalue weighted by molar-refractivity contribution is 5.82. The fraction of sp³-hybridized carbons (Fsp3) is 0.938. The van der Waals surface area contributed by atoms with E-state index in [4.69, 9.17) is 10.5 Å². The maximum atomic E-state index is 12.1. The summed E-state index contributed by atoms with van der Waals surface area (Å²) in [6.07, 6.45) is 9.22. The second kappa shape index (κ2) is 6.90. The van der Waals surface area contributed by atoms with Crippen LogP contribution in [0, 0.1) is 5.41 Å². The van der Waals surface area contributed by atoms with Gasteiger partial charge in [0.2, 0.25) is 5.91 Å². The molecule has 3 N–H and O–H groups in total. The van der Waals surface area contributed by atoms with E-state index >= 15 is 0 Å². The molecule has 3 unspecified atom stereocenters. The first-order chi connectivity index (χ1) is 9.64. The molecule has 0 bridgehead atoms. The van der Waals surface area contributed by atoms with Gasteiger partial charge in [-0.15, -0.1) is 0 Å². The molecule has 1 amide bonds. The van der Waals surface area contributed by atoms with Crippen LogP contribution in [-0.4, -0.2) is 30.7 Å². The number of carbonyl (C=O) groups is 1. The van der Waals surface area contributed by atoms with Gasteiger partial charge in [0, 0.05) is 18.1 Å². The number of carbonyl (C=O) groups excluding carboxylic acids is 1. The molecule has 116 valence electrons. The lowest BCUT2D eigenvalue weighted by molar-refractivity contribution is -0.157. The predicted octanol–water partition coefficient (Wildman–Crippen LogP) is 2.36. The van der Waals surface area contributed by atoms with Crippen LogP contribution >= 0.6 is 0 Å². The van der Waals surface area contributed by atoms with Gasteiger partial charge in [0.05, 0.1) is 12.1 Å². The highest BCUT2D eigenvalue weighted by Gasteiger charge is 2.56. The molecule has 2 fully saturated rings. The first-order valence-electron chi connectivity index (χ1n) is 8.31. The van der Waals surface area contributed by atoms with E-state index in [1.807, 2.05) is 0 Å². The summed E-state index contributed by atoms with van der Waals surface area (Å²) in [5, 5.41) is 3.21. The lowest BCUT2D eigenvalue weighted by Crippen LogP contribution is -2.66. The molecular weight excluding hydrogens is 252 g/mol. The molecule has 0 aromatic heterocycles. The Hall–Kier alpha value is -0.610. The van der Waals surface area contributed by atoms with Crippen molar-refractivity contribution in [3.63, 3.8) is 0 Å². The van der Waals surface area contributed by atoms with Gasteiger partial charge < -0.3 is 15.8 Å². The quantitative estimate of drug-likeness (QED) is 0.786. The van der Waals surface area contributed by atoms with Gasteiger partial charge in [0.15, 0.2) is 0 Å². The van der Waals surface area contributed by atoms with E-state index in [9.17, 15) is 4.79 Å². The minimum atomic E-state index is -0.355. The lowest BCUT2D eigenvalue weighted by atomic mass is 9.55. The van der Waals surface area contributed by atoms with Gasteiger partial charge in [-0.3, -0.25) is 4.79 Å². The van der Waals surface area contributed by atoms with Crippen LogP contribution in [0.25, 0.3) is 0 Å². The smallest absolute Gasteiger partial charge is 0.237 e. The topological polar surface area (TPSA) is 64.4 Å². The fourth-order valence-electron chi connectivity index (χ4n) is 3.99. The van der Waals surface area contributed by atoms with Crippen molar-refractivity contribution in [1.29, 1.82) is 0 Å². The second-order valence-electron chi connectivity index (χ2n) is 6.43. The largest absolute Gasteiger partial charge is 0.378 e. The highest BCUT2D eigenvalue weighted by Crippen LogP contribution is 2.53. The van der Waals surface area contributed by atoms with Crippen molar-refractivity contribution in [2.75, 3.05) is 6.61 Å². The normalized spacial score (nSPS) is 29.8. The third-order valence-electron chi connectivity index (χ3n) is 5.19. The minimum Gasteiger partial charge on any atom is -0.378 e. The molecule has 4 heteroatoms. The zero-order valence-electron chi connectivity index (χ0n) is 13.0. The number of hydrogen-bond donors (Lipinski definition) is 2. The van der Waals surface area contributed by atoms with Crippen LogP contribution in [0.1, 0.15) is 65.2 Å². The number of amides is 1. The summed E-state index contributed by atoms with van der Waals surface area (Å²) < 4.78 is 5.91. The number of ether oxygens (including phenoxy) is 1. The number of nitrogens with one attached hydrogen (secondary N) is 1. The summed E-state index contributed by atoms with van der Waals surface area (Å²) in [7, 11) is 0.